The number of amides is 3. The number of rotatable bonds is 6. The summed E-state index contributed by atoms with van der Waals surface area (Å²) in [6.45, 7) is 10.1. The summed E-state index contributed by atoms with van der Waals surface area (Å²) >= 11 is 0. The molecule has 0 radical (unpaired) electrons. The number of benzene rings is 4. The van der Waals surface area contributed by atoms with Crippen LogP contribution in [0.3, 0.4) is 0 Å². The molecule has 3 aliphatic heterocycles. The van der Waals surface area contributed by atoms with Crippen LogP contribution in [-0.2, 0) is 56.8 Å². The second-order valence-corrected chi connectivity index (χ2v) is 17.6. The monoisotopic (exact) mass is 1140 g/mol. The molecule has 0 spiro atoms. The van der Waals surface area contributed by atoms with Crippen molar-refractivity contribution in [1.29, 1.82) is 0 Å². The molecule has 0 aromatic heterocycles. The third-order valence-electron chi connectivity index (χ3n) is 11.6. The molecule has 444 valence electrons. The Morgan fingerprint density at radius 2 is 0.395 bits per heavy atom. The first-order chi connectivity index (χ1) is 40.0. The Bertz CT molecular complexity index is 2210. The quantitative estimate of drug-likeness (QED) is 0.231. The molecule has 24 nitrogen and oxygen atoms in total. The summed E-state index contributed by atoms with van der Waals surface area (Å²) in [6, 6.07) is 18.9. The summed E-state index contributed by atoms with van der Waals surface area (Å²) in [5, 5.41) is 8.67. The molecule has 0 fully saturated rings. The Hall–Kier alpha value is -6.39. The summed E-state index contributed by atoms with van der Waals surface area (Å²) in [5.41, 5.74) is 0.947. The van der Waals surface area contributed by atoms with E-state index in [2.05, 4.69) is 16.0 Å². The Morgan fingerprint density at radius 1 is 0.222 bits per heavy atom. The lowest BCUT2D eigenvalue weighted by Gasteiger charge is -2.17. The van der Waals surface area contributed by atoms with Gasteiger partial charge < -0.3 is 101 Å². The number of carbonyl (C=O) groups excluding carboxylic acids is 3. The van der Waals surface area contributed by atoms with Crippen molar-refractivity contribution in [1.82, 2.24) is 0 Å². The normalized spacial score (nSPS) is 18.5. The van der Waals surface area contributed by atoms with Gasteiger partial charge in [0.15, 0.2) is 34.5 Å². The van der Waals surface area contributed by atoms with Crippen LogP contribution in [0, 0.1) is 0 Å². The summed E-state index contributed by atoms with van der Waals surface area (Å²) in [7, 11) is 0. The van der Waals surface area contributed by atoms with E-state index in [0.29, 0.717) is 190 Å². The highest BCUT2D eigenvalue weighted by atomic mass is 16.6. The largest absolute Gasteiger partial charge is 0.487 e. The molecule has 7 rings (SSSR count). The number of fused-ring (bicyclic) bond motifs is 3. The third kappa shape index (κ3) is 23.9. The van der Waals surface area contributed by atoms with Crippen molar-refractivity contribution in [2.75, 3.05) is 214 Å². The van der Waals surface area contributed by atoms with E-state index in [-0.39, 0.29) is 76.2 Å². The van der Waals surface area contributed by atoms with Crippen LogP contribution in [-0.4, -0.2) is 216 Å². The van der Waals surface area contributed by atoms with Crippen LogP contribution >= 0.6 is 0 Å². The molecule has 81 heavy (non-hydrogen) atoms. The van der Waals surface area contributed by atoms with Crippen molar-refractivity contribution in [3.05, 3.63) is 89.5 Å². The lowest BCUT2D eigenvalue weighted by atomic mass is 10.0. The molecule has 3 heterocycles. The highest BCUT2D eigenvalue weighted by Gasteiger charge is 2.20. The Kier molecular flexibility index (Phi) is 28.9. The van der Waals surface area contributed by atoms with Gasteiger partial charge >= 0.3 is 0 Å². The van der Waals surface area contributed by atoms with Crippen molar-refractivity contribution < 1.29 is 99.6 Å². The fraction of sp³-hybridized carbons (Fsp3) is 0.526. The number of ether oxygens (including phenoxy) is 18. The molecule has 0 aliphatic carbocycles. The fourth-order valence-electron chi connectivity index (χ4n) is 7.63. The van der Waals surface area contributed by atoms with Crippen LogP contribution in [0.1, 0.15) is 31.1 Å². The van der Waals surface area contributed by atoms with E-state index >= 15 is 0 Å². The van der Waals surface area contributed by atoms with Gasteiger partial charge in [-0.1, -0.05) is 0 Å². The van der Waals surface area contributed by atoms with Crippen LogP contribution in [0.15, 0.2) is 72.8 Å². The van der Waals surface area contributed by atoms with Gasteiger partial charge in [0.1, 0.15) is 39.6 Å². The average Bonchev–Trinajstić information content (AvgIpc) is 3.47. The van der Waals surface area contributed by atoms with E-state index in [9.17, 15) is 14.4 Å². The van der Waals surface area contributed by atoms with Crippen LogP contribution in [0.5, 0.6) is 34.5 Å². The minimum atomic E-state index is -0.641. The van der Waals surface area contributed by atoms with Gasteiger partial charge in [0, 0.05) is 52.0 Å². The van der Waals surface area contributed by atoms with Crippen molar-refractivity contribution in [2.45, 2.75) is 0 Å². The SMILES string of the molecule is O=C(Nc1ccc2c(c1)OCCOCCOCCOCCOCCO2)c1cc(C(=O)Nc2ccc3c(c2)OCCOCCOCCOCCOCCO3)cc(C(=O)Nc2ccc3c(c2)OCCOCCOCCOCCOCCO3)c1. The lowest BCUT2D eigenvalue weighted by molar-refractivity contribution is -0.00841. The third-order valence-corrected chi connectivity index (χ3v) is 11.6. The van der Waals surface area contributed by atoms with Crippen LogP contribution in [0.4, 0.5) is 17.1 Å². The Labute approximate surface area is 471 Å². The molecule has 0 unspecified atom stereocenters. The average molecular weight is 1140 g/mol. The molecule has 24 heteroatoms. The van der Waals surface area contributed by atoms with E-state index in [1.165, 1.54) is 18.2 Å². The van der Waals surface area contributed by atoms with Crippen molar-refractivity contribution in [2.24, 2.45) is 0 Å². The Morgan fingerprint density at radius 3 is 0.593 bits per heavy atom. The molecule has 3 amide bonds. The molecule has 3 N–H and O–H groups in total. The van der Waals surface area contributed by atoms with Gasteiger partial charge in [-0.05, 0) is 54.6 Å². The molecule has 0 saturated carbocycles. The van der Waals surface area contributed by atoms with E-state index in [1.54, 1.807) is 54.6 Å². The van der Waals surface area contributed by atoms with Crippen molar-refractivity contribution >= 4 is 34.8 Å². The predicted octanol–water partition coefficient (Wildman–Crippen LogP) is 4.96. The van der Waals surface area contributed by atoms with E-state index in [0.717, 1.165) is 0 Å². The molecule has 4 aromatic rings. The first-order valence-electron chi connectivity index (χ1n) is 27.2. The molecule has 3 aliphatic rings. The maximum atomic E-state index is 14.4. The van der Waals surface area contributed by atoms with Gasteiger partial charge in [0.2, 0.25) is 0 Å². The van der Waals surface area contributed by atoms with Gasteiger partial charge in [0.05, 0.1) is 159 Å². The van der Waals surface area contributed by atoms with E-state index < -0.39 is 17.7 Å². The maximum Gasteiger partial charge on any atom is 0.255 e. The minimum absolute atomic E-state index is 0.0172. The zero-order valence-electron chi connectivity index (χ0n) is 45.7. The molecule has 0 bridgehead atoms. The van der Waals surface area contributed by atoms with Gasteiger partial charge in [-0.2, -0.15) is 0 Å². The molecule has 0 atom stereocenters. The zero-order valence-corrected chi connectivity index (χ0v) is 45.7. The number of hydrogen-bond acceptors (Lipinski definition) is 21. The molecule has 4 aromatic carbocycles. The predicted molar refractivity (Wildman–Crippen MR) is 292 cm³/mol. The molecular formula is C57H75N3O21. The second kappa shape index (κ2) is 37.6. The highest BCUT2D eigenvalue weighted by Crippen LogP contribution is 2.34. The van der Waals surface area contributed by atoms with Gasteiger partial charge in [-0.15, -0.1) is 0 Å². The van der Waals surface area contributed by atoms with Gasteiger partial charge in [-0.3, -0.25) is 14.4 Å². The van der Waals surface area contributed by atoms with Crippen LogP contribution in [0.2, 0.25) is 0 Å². The Balaban J connectivity index is 1.11. The highest BCUT2D eigenvalue weighted by molar-refractivity contribution is 6.13. The van der Waals surface area contributed by atoms with Crippen LogP contribution < -0.4 is 44.4 Å². The van der Waals surface area contributed by atoms with Crippen molar-refractivity contribution in [3.8, 4) is 34.5 Å². The first-order valence-corrected chi connectivity index (χ1v) is 27.2. The van der Waals surface area contributed by atoms with E-state index in [4.69, 9.17) is 85.3 Å². The standard InChI is InChI=1S/C57H75N3O21/c61-55(58-46-1-4-49-52(40-46)79-34-28-73-22-16-67-10-7-64-13-19-70-25-31-76-49)43-37-44(56(62)59-47-2-5-50-53(41-47)80-35-29-74-23-17-68-11-8-65-14-20-71-26-32-77-50)39-45(38-43)57(63)60-48-3-6-51-54(42-48)81-36-30-75-24-18-69-12-9-66-15-21-72-27-33-78-51/h1-6,37-42H,7-36H2,(H,58,61)(H,59,62)(H,60,63). The molecule has 0 saturated heterocycles. The van der Waals surface area contributed by atoms with E-state index in [1.807, 2.05) is 0 Å². The maximum absolute atomic E-state index is 14.4. The minimum Gasteiger partial charge on any atom is -0.487 e. The van der Waals surface area contributed by atoms with Gasteiger partial charge in [0.25, 0.3) is 17.7 Å². The van der Waals surface area contributed by atoms with Crippen molar-refractivity contribution in [3.63, 3.8) is 0 Å². The number of hydrogen-bond donors (Lipinski definition) is 3. The fourth-order valence-corrected chi connectivity index (χ4v) is 7.63. The summed E-state index contributed by atoms with van der Waals surface area (Å²) < 4.78 is 104. The smallest absolute Gasteiger partial charge is 0.255 e. The summed E-state index contributed by atoms with van der Waals surface area (Å²) in [6.07, 6.45) is 0. The number of anilines is 3. The topological polar surface area (TPSA) is 253 Å². The van der Waals surface area contributed by atoms with Crippen LogP contribution in [0.25, 0.3) is 0 Å². The molecular weight excluding hydrogens is 1060 g/mol. The summed E-state index contributed by atoms with van der Waals surface area (Å²) in [4.78, 5) is 43.1. The zero-order chi connectivity index (χ0) is 56.2. The summed E-state index contributed by atoms with van der Waals surface area (Å²) in [5.74, 6) is 0.294. The van der Waals surface area contributed by atoms with Gasteiger partial charge in [-0.25, -0.2) is 0 Å². The lowest BCUT2D eigenvalue weighted by Crippen LogP contribution is -2.20. The number of carbonyl (C=O) groups is 3. The number of nitrogens with one attached hydrogen (secondary N) is 3. The first kappa shape index (κ1) is 62.2. The second-order valence-electron chi connectivity index (χ2n) is 17.6.